The number of hydrogen-bond donors (Lipinski definition) is 2. The molecule has 0 aromatic heterocycles. The van der Waals surface area contributed by atoms with E-state index in [1.54, 1.807) is 0 Å². The normalized spacial score (nSPS) is 16.8. The third-order valence-electron chi connectivity index (χ3n) is 3.84. The van der Waals surface area contributed by atoms with Crippen molar-refractivity contribution in [2.24, 2.45) is 5.73 Å². The van der Waals surface area contributed by atoms with Crippen molar-refractivity contribution in [2.45, 2.75) is 38.6 Å². The Morgan fingerprint density at radius 3 is 2.50 bits per heavy atom. The van der Waals surface area contributed by atoms with Gasteiger partial charge in [0.25, 0.3) is 0 Å². The highest BCUT2D eigenvalue weighted by Gasteiger charge is 2.20. The number of nitrogens with zero attached hydrogens (tertiary/aromatic N) is 1. The van der Waals surface area contributed by atoms with Crippen molar-refractivity contribution in [1.82, 2.24) is 4.90 Å². The van der Waals surface area contributed by atoms with Crippen molar-refractivity contribution < 1.29 is 4.79 Å². The number of anilines is 1. The van der Waals surface area contributed by atoms with Crippen LogP contribution in [0, 0.1) is 6.92 Å². The summed E-state index contributed by atoms with van der Waals surface area (Å²) in [6.45, 7) is 4.33. The second-order valence-electron chi connectivity index (χ2n) is 5.59. The molecule has 0 saturated carbocycles. The second-order valence-corrected chi connectivity index (χ2v) is 5.59. The molecule has 1 aromatic rings. The molecule has 0 radical (unpaired) electrons. The fourth-order valence-corrected chi connectivity index (χ4v) is 2.56. The molecule has 3 N–H and O–H groups in total. The summed E-state index contributed by atoms with van der Waals surface area (Å²) in [5.41, 5.74) is 8.05. The van der Waals surface area contributed by atoms with E-state index in [9.17, 15) is 4.79 Å². The van der Waals surface area contributed by atoms with Gasteiger partial charge in [0.05, 0.1) is 0 Å². The van der Waals surface area contributed by atoms with Crippen molar-refractivity contribution >= 4 is 11.6 Å². The quantitative estimate of drug-likeness (QED) is 0.865. The smallest absolute Gasteiger partial charge is 0.224 e. The van der Waals surface area contributed by atoms with Crippen LogP contribution >= 0.6 is 0 Å². The first-order valence-electron chi connectivity index (χ1n) is 7.50. The van der Waals surface area contributed by atoms with Gasteiger partial charge in [0.15, 0.2) is 0 Å². The summed E-state index contributed by atoms with van der Waals surface area (Å²) < 4.78 is 0. The summed E-state index contributed by atoms with van der Waals surface area (Å²) >= 11 is 0. The number of nitrogens with two attached hydrogens (primary N) is 1. The first-order chi connectivity index (χ1) is 9.69. The van der Waals surface area contributed by atoms with Crippen LogP contribution in [0.4, 0.5) is 5.69 Å². The first-order valence-corrected chi connectivity index (χ1v) is 7.50. The third-order valence-corrected chi connectivity index (χ3v) is 3.84. The lowest BCUT2D eigenvalue weighted by Crippen LogP contribution is -2.40. The van der Waals surface area contributed by atoms with Gasteiger partial charge in [0.2, 0.25) is 5.91 Å². The number of aryl methyl sites for hydroxylation is 1. The fourth-order valence-electron chi connectivity index (χ4n) is 2.56. The number of carbonyl (C=O) groups excluding carboxylic acids is 1. The zero-order valence-corrected chi connectivity index (χ0v) is 12.3. The van der Waals surface area contributed by atoms with Gasteiger partial charge >= 0.3 is 0 Å². The van der Waals surface area contributed by atoms with Crippen LogP contribution in [0.15, 0.2) is 24.3 Å². The summed E-state index contributed by atoms with van der Waals surface area (Å²) in [5, 5.41) is 3.35. The Balaban J connectivity index is 1.87. The van der Waals surface area contributed by atoms with E-state index < -0.39 is 0 Å². The number of amides is 1. The minimum atomic E-state index is 0.00660. The van der Waals surface area contributed by atoms with Crippen LogP contribution < -0.4 is 11.1 Å². The molecule has 1 aromatic carbocycles. The van der Waals surface area contributed by atoms with Crippen LogP contribution in [0.2, 0.25) is 0 Å². The SMILES string of the molecule is Cc1ccc(NC(CN)CC(=O)N2CCCCC2)cc1. The van der Waals surface area contributed by atoms with E-state index >= 15 is 0 Å². The largest absolute Gasteiger partial charge is 0.381 e. The summed E-state index contributed by atoms with van der Waals surface area (Å²) in [6.07, 6.45) is 3.98. The van der Waals surface area contributed by atoms with Crippen LogP contribution in [-0.2, 0) is 4.79 Å². The molecule has 2 rings (SSSR count). The molecule has 1 amide bonds. The molecule has 0 spiro atoms. The predicted molar refractivity (Wildman–Crippen MR) is 82.7 cm³/mol. The van der Waals surface area contributed by atoms with Gasteiger partial charge in [-0.1, -0.05) is 17.7 Å². The van der Waals surface area contributed by atoms with E-state index in [-0.39, 0.29) is 11.9 Å². The molecule has 1 atom stereocenters. The molecule has 1 heterocycles. The first kappa shape index (κ1) is 14.9. The lowest BCUT2D eigenvalue weighted by atomic mass is 10.1. The van der Waals surface area contributed by atoms with Gasteiger partial charge in [-0.2, -0.15) is 0 Å². The zero-order chi connectivity index (χ0) is 14.4. The van der Waals surface area contributed by atoms with Gasteiger partial charge in [0.1, 0.15) is 0 Å². The molecular weight excluding hydrogens is 250 g/mol. The van der Waals surface area contributed by atoms with E-state index in [2.05, 4.69) is 24.4 Å². The number of nitrogens with one attached hydrogen (secondary N) is 1. The average molecular weight is 275 g/mol. The molecule has 1 fully saturated rings. The second kappa shape index (κ2) is 7.29. The van der Waals surface area contributed by atoms with Crippen molar-refractivity contribution in [1.29, 1.82) is 0 Å². The van der Waals surface area contributed by atoms with Crippen LogP contribution in [0.3, 0.4) is 0 Å². The van der Waals surface area contributed by atoms with Crippen LogP contribution in [0.1, 0.15) is 31.2 Å². The topological polar surface area (TPSA) is 58.4 Å². The Bertz CT molecular complexity index is 424. The van der Waals surface area contributed by atoms with E-state index in [1.807, 2.05) is 17.0 Å². The number of carbonyl (C=O) groups is 1. The number of hydrogen-bond acceptors (Lipinski definition) is 3. The fraction of sp³-hybridized carbons (Fsp3) is 0.562. The average Bonchev–Trinajstić information content (AvgIpc) is 2.49. The predicted octanol–water partition coefficient (Wildman–Crippen LogP) is 2.14. The van der Waals surface area contributed by atoms with E-state index in [4.69, 9.17) is 5.73 Å². The highest BCUT2D eigenvalue weighted by Crippen LogP contribution is 2.14. The lowest BCUT2D eigenvalue weighted by molar-refractivity contribution is -0.132. The van der Waals surface area contributed by atoms with Crippen LogP contribution in [-0.4, -0.2) is 36.5 Å². The molecule has 0 aliphatic carbocycles. The summed E-state index contributed by atoms with van der Waals surface area (Å²) in [6, 6.07) is 8.18. The lowest BCUT2D eigenvalue weighted by Gasteiger charge is -2.28. The maximum absolute atomic E-state index is 12.2. The minimum absolute atomic E-state index is 0.00660. The Morgan fingerprint density at radius 2 is 1.90 bits per heavy atom. The van der Waals surface area contributed by atoms with Crippen molar-refractivity contribution in [3.63, 3.8) is 0 Å². The summed E-state index contributed by atoms with van der Waals surface area (Å²) in [4.78, 5) is 14.2. The maximum Gasteiger partial charge on any atom is 0.224 e. The van der Waals surface area contributed by atoms with Gasteiger partial charge in [-0.3, -0.25) is 4.79 Å². The van der Waals surface area contributed by atoms with Gasteiger partial charge in [-0.15, -0.1) is 0 Å². The molecule has 0 bridgehead atoms. The molecule has 110 valence electrons. The Morgan fingerprint density at radius 1 is 1.25 bits per heavy atom. The molecule has 1 unspecified atom stereocenters. The highest BCUT2D eigenvalue weighted by molar-refractivity contribution is 5.77. The van der Waals surface area contributed by atoms with Crippen molar-refractivity contribution in [3.8, 4) is 0 Å². The number of rotatable bonds is 5. The van der Waals surface area contributed by atoms with E-state index in [1.165, 1.54) is 12.0 Å². The summed E-state index contributed by atoms with van der Waals surface area (Å²) in [5.74, 6) is 0.222. The third kappa shape index (κ3) is 4.23. The van der Waals surface area contributed by atoms with E-state index in [0.717, 1.165) is 31.6 Å². The van der Waals surface area contributed by atoms with Gasteiger partial charge in [0, 0.05) is 37.8 Å². The standard InChI is InChI=1S/C16H25N3O/c1-13-5-7-14(8-6-13)18-15(12-17)11-16(20)19-9-3-2-4-10-19/h5-8,15,18H,2-4,9-12,17H2,1H3. The molecule has 20 heavy (non-hydrogen) atoms. The Labute approximate surface area is 121 Å². The highest BCUT2D eigenvalue weighted by atomic mass is 16.2. The Kier molecular flexibility index (Phi) is 5.41. The zero-order valence-electron chi connectivity index (χ0n) is 12.3. The molecule has 4 nitrogen and oxygen atoms in total. The van der Waals surface area contributed by atoms with Crippen molar-refractivity contribution in [2.75, 3.05) is 25.0 Å². The van der Waals surface area contributed by atoms with Crippen LogP contribution in [0.25, 0.3) is 0 Å². The number of piperidine rings is 1. The number of benzene rings is 1. The van der Waals surface area contributed by atoms with Gasteiger partial charge in [-0.25, -0.2) is 0 Å². The molecule has 1 saturated heterocycles. The van der Waals surface area contributed by atoms with Crippen molar-refractivity contribution in [3.05, 3.63) is 29.8 Å². The maximum atomic E-state index is 12.2. The van der Waals surface area contributed by atoms with Gasteiger partial charge in [-0.05, 0) is 38.3 Å². The Hall–Kier alpha value is -1.55. The minimum Gasteiger partial charge on any atom is -0.381 e. The van der Waals surface area contributed by atoms with Crippen LogP contribution in [0.5, 0.6) is 0 Å². The summed E-state index contributed by atoms with van der Waals surface area (Å²) in [7, 11) is 0. The van der Waals surface area contributed by atoms with Gasteiger partial charge < -0.3 is 16.0 Å². The number of likely N-dealkylation sites (tertiary alicyclic amines) is 1. The molecule has 1 aliphatic heterocycles. The molecular formula is C16H25N3O. The molecule has 1 aliphatic rings. The van der Waals surface area contributed by atoms with E-state index in [0.29, 0.717) is 13.0 Å². The molecule has 4 heteroatoms. The monoisotopic (exact) mass is 275 g/mol.